The quantitative estimate of drug-likeness (QED) is 0.725. The number of rotatable bonds is 2. The van der Waals surface area contributed by atoms with E-state index in [-0.39, 0.29) is 19.4 Å². The van der Waals surface area contributed by atoms with E-state index in [9.17, 15) is 14.0 Å². The van der Waals surface area contributed by atoms with Gasteiger partial charge in [-0.15, -0.1) is 6.58 Å². The maximum atomic E-state index is 14.6. The molecule has 1 aliphatic rings. The van der Waals surface area contributed by atoms with Crippen LogP contribution in [0.1, 0.15) is 40.0 Å². The molecule has 1 heterocycles. The third-order valence-corrected chi connectivity index (χ3v) is 2.89. The van der Waals surface area contributed by atoms with Gasteiger partial charge >= 0.3 is 6.09 Å². The largest absolute Gasteiger partial charge is 0.444 e. The topological polar surface area (TPSA) is 46.6 Å². The summed E-state index contributed by atoms with van der Waals surface area (Å²) in [6.07, 6.45) is 1.32. The molecule has 0 spiro atoms. The molecule has 1 saturated heterocycles. The second-order valence-electron chi connectivity index (χ2n) is 5.89. The lowest BCUT2D eigenvalue weighted by molar-refractivity contribution is -0.130. The van der Waals surface area contributed by atoms with Gasteiger partial charge in [-0.3, -0.25) is 4.79 Å². The third-order valence-electron chi connectivity index (χ3n) is 2.89. The van der Waals surface area contributed by atoms with E-state index in [1.165, 1.54) is 11.0 Å². The Kier molecular flexibility index (Phi) is 4.71. The molecule has 1 rings (SSSR count). The summed E-state index contributed by atoms with van der Waals surface area (Å²) in [4.78, 5) is 25.0. The summed E-state index contributed by atoms with van der Waals surface area (Å²) >= 11 is 0. The lowest BCUT2D eigenvalue weighted by atomic mass is 9.94. The minimum atomic E-state index is -2.03. The highest BCUT2D eigenvalue weighted by Crippen LogP contribution is 2.26. The van der Waals surface area contributed by atoms with E-state index in [0.29, 0.717) is 13.0 Å². The number of halogens is 1. The molecule has 5 heteroatoms. The second kappa shape index (κ2) is 5.72. The molecule has 0 aromatic heterocycles. The predicted molar refractivity (Wildman–Crippen MR) is 70.7 cm³/mol. The zero-order valence-electron chi connectivity index (χ0n) is 11.9. The van der Waals surface area contributed by atoms with Gasteiger partial charge in [0.1, 0.15) is 5.60 Å². The number of hydrogen-bond acceptors (Lipinski definition) is 3. The molecular weight excluding hydrogens is 249 g/mol. The summed E-state index contributed by atoms with van der Waals surface area (Å²) in [6, 6.07) is 0. The van der Waals surface area contributed by atoms with E-state index in [2.05, 4.69) is 6.58 Å². The molecule has 0 saturated carbocycles. The van der Waals surface area contributed by atoms with Crippen LogP contribution in [0.15, 0.2) is 12.7 Å². The minimum Gasteiger partial charge on any atom is -0.444 e. The summed E-state index contributed by atoms with van der Waals surface area (Å²) in [5, 5.41) is 0. The molecule has 19 heavy (non-hydrogen) atoms. The number of allylic oxidation sites excluding steroid dienone is 1. The van der Waals surface area contributed by atoms with Crippen molar-refractivity contribution in [2.45, 2.75) is 51.3 Å². The average molecular weight is 271 g/mol. The van der Waals surface area contributed by atoms with Gasteiger partial charge < -0.3 is 9.64 Å². The summed E-state index contributed by atoms with van der Waals surface area (Å²) in [5.41, 5.74) is -2.67. The summed E-state index contributed by atoms with van der Waals surface area (Å²) in [6.45, 7) is 8.80. The van der Waals surface area contributed by atoms with Crippen molar-refractivity contribution in [3.63, 3.8) is 0 Å². The zero-order chi connectivity index (χ0) is 14.7. The smallest absolute Gasteiger partial charge is 0.410 e. The second-order valence-corrected chi connectivity index (χ2v) is 5.89. The van der Waals surface area contributed by atoms with E-state index >= 15 is 0 Å². The van der Waals surface area contributed by atoms with Crippen LogP contribution in [0.3, 0.4) is 0 Å². The molecule has 1 aliphatic heterocycles. The SMILES string of the molecule is C=CC[C@]1(F)CN(C(=O)OC(C)(C)C)CCCC1=O. The molecule has 0 bridgehead atoms. The van der Waals surface area contributed by atoms with Gasteiger partial charge in [0.2, 0.25) is 0 Å². The monoisotopic (exact) mass is 271 g/mol. The molecular formula is C14H22FNO3. The first-order valence-corrected chi connectivity index (χ1v) is 6.49. The van der Waals surface area contributed by atoms with E-state index in [0.717, 1.165) is 0 Å². The Balaban J connectivity index is 2.82. The number of amides is 1. The number of nitrogens with zero attached hydrogens (tertiary/aromatic N) is 1. The van der Waals surface area contributed by atoms with Crippen molar-refractivity contribution in [1.29, 1.82) is 0 Å². The first kappa shape index (κ1) is 15.7. The van der Waals surface area contributed by atoms with Crippen molar-refractivity contribution < 1.29 is 18.7 Å². The van der Waals surface area contributed by atoms with E-state index in [4.69, 9.17) is 4.74 Å². The van der Waals surface area contributed by atoms with Crippen LogP contribution in [-0.2, 0) is 9.53 Å². The molecule has 1 amide bonds. The fraction of sp³-hybridized carbons (Fsp3) is 0.714. The maximum Gasteiger partial charge on any atom is 0.410 e. The Bertz CT molecular complexity index is 375. The fourth-order valence-electron chi connectivity index (χ4n) is 2.01. The van der Waals surface area contributed by atoms with Gasteiger partial charge in [0.25, 0.3) is 0 Å². The number of ether oxygens (including phenoxy) is 1. The fourth-order valence-corrected chi connectivity index (χ4v) is 2.01. The average Bonchev–Trinajstić information content (AvgIpc) is 2.38. The lowest BCUT2D eigenvalue weighted by Crippen LogP contribution is -2.46. The van der Waals surface area contributed by atoms with Crippen LogP contribution in [0.5, 0.6) is 0 Å². The van der Waals surface area contributed by atoms with Gasteiger partial charge in [-0.25, -0.2) is 9.18 Å². The van der Waals surface area contributed by atoms with Crippen LogP contribution >= 0.6 is 0 Å². The molecule has 0 aliphatic carbocycles. The van der Waals surface area contributed by atoms with Crippen LogP contribution < -0.4 is 0 Å². The predicted octanol–water partition coefficient (Wildman–Crippen LogP) is 2.87. The number of carbonyl (C=O) groups excluding carboxylic acids is 2. The highest BCUT2D eigenvalue weighted by Gasteiger charge is 2.42. The lowest BCUT2D eigenvalue weighted by Gasteiger charge is -2.30. The summed E-state index contributed by atoms with van der Waals surface area (Å²) < 4.78 is 19.8. The third kappa shape index (κ3) is 4.33. The van der Waals surface area contributed by atoms with Gasteiger partial charge in [-0.1, -0.05) is 6.08 Å². The van der Waals surface area contributed by atoms with Crippen LogP contribution in [0.25, 0.3) is 0 Å². The molecule has 0 radical (unpaired) electrons. The molecule has 1 fully saturated rings. The first-order valence-electron chi connectivity index (χ1n) is 6.49. The highest BCUT2D eigenvalue weighted by molar-refractivity contribution is 5.88. The maximum absolute atomic E-state index is 14.6. The molecule has 0 aromatic carbocycles. The van der Waals surface area contributed by atoms with Crippen LogP contribution in [0.4, 0.5) is 9.18 Å². The van der Waals surface area contributed by atoms with Crippen molar-refractivity contribution in [2.75, 3.05) is 13.1 Å². The number of likely N-dealkylation sites (tertiary alicyclic amines) is 1. The first-order chi connectivity index (χ1) is 8.68. The van der Waals surface area contributed by atoms with Crippen molar-refractivity contribution in [2.24, 2.45) is 0 Å². The van der Waals surface area contributed by atoms with E-state index < -0.39 is 23.1 Å². The normalized spacial score (nSPS) is 24.8. The minimum absolute atomic E-state index is 0.0782. The Hall–Kier alpha value is -1.39. The Morgan fingerprint density at radius 2 is 2.21 bits per heavy atom. The van der Waals surface area contributed by atoms with Gasteiger partial charge in [0.05, 0.1) is 6.54 Å². The Morgan fingerprint density at radius 1 is 1.58 bits per heavy atom. The Labute approximate surface area is 113 Å². The van der Waals surface area contributed by atoms with E-state index in [1.54, 1.807) is 20.8 Å². The van der Waals surface area contributed by atoms with Gasteiger partial charge in [-0.2, -0.15) is 0 Å². The number of carbonyl (C=O) groups is 2. The Morgan fingerprint density at radius 3 is 2.74 bits per heavy atom. The van der Waals surface area contributed by atoms with Crippen molar-refractivity contribution in [3.05, 3.63) is 12.7 Å². The van der Waals surface area contributed by atoms with Crippen LogP contribution in [0.2, 0.25) is 0 Å². The van der Waals surface area contributed by atoms with Gasteiger partial charge in [-0.05, 0) is 27.2 Å². The van der Waals surface area contributed by atoms with Crippen molar-refractivity contribution >= 4 is 11.9 Å². The number of hydrogen-bond donors (Lipinski definition) is 0. The van der Waals surface area contributed by atoms with E-state index in [1.807, 2.05) is 0 Å². The number of Topliss-reactive ketones (excluding diaryl/α,β-unsaturated/α-hetero) is 1. The molecule has 0 unspecified atom stereocenters. The van der Waals surface area contributed by atoms with Crippen LogP contribution in [0, 0.1) is 0 Å². The molecule has 0 aromatic rings. The standard InChI is InChI=1S/C14H22FNO3/c1-5-8-14(15)10-16(9-6-7-11(14)17)12(18)19-13(2,3)4/h5H,1,6-10H2,2-4H3/t14-/m0/s1. The molecule has 4 nitrogen and oxygen atoms in total. The number of alkyl halides is 1. The van der Waals surface area contributed by atoms with Crippen LogP contribution in [-0.4, -0.2) is 41.1 Å². The number of ketones is 1. The molecule has 1 atom stereocenters. The molecule has 108 valence electrons. The van der Waals surface area contributed by atoms with Gasteiger partial charge in [0.15, 0.2) is 11.5 Å². The molecule has 0 N–H and O–H groups in total. The van der Waals surface area contributed by atoms with Crippen molar-refractivity contribution in [3.8, 4) is 0 Å². The summed E-state index contributed by atoms with van der Waals surface area (Å²) in [5.74, 6) is -0.460. The van der Waals surface area contributed by atoms with Crippen molar-refractivity contribution in [1.82, 2.24) is 4.90 Å². The summed E-state index contributed by atoms with van der Waals surface area (Å²) in [7, 11) is 0. The zero-order valence-corrected chi connectivity index (χ0v) is 11.9. The van der Waals surface area contributed by atoms with Gasteiger partial charge in [0, 0.05) is 19.4 Å². The highest BCUT2D eigenvalue weighted by atomic mass is 19.1.